The monoisotopic (exact) mass is 670 g/mol. The van der Waals surface area contributed by atoms with Crippen LogP contribution in [0.2, 0.25) is 0 Å². The number of aliphatic hydroxyl groups is 2. The van der Waals surface area contributed by atoms with Gasteiger partial charge < -0.3 is 20.0 Å². The summed E-state index contributed by atoms with van der Waals surface area (Å²) in [5.74, 6) is 0. The number of rotatable bonds is 4. The van der Waals surface area contributed by atoms with E-state index < -0.39 is 9.84 Å². The van der Waals surface area contributed by atoms with Crippen molar-refractivity contribution in [2.45, 2.75) is 42.6 Å². The molecule has 0 atom stereocenters. The van der Waals surface area contributed by atoms with Gasteiger partial charge >= 0.3 is 0 Å². The quantitative estimate of drug-likeness (QED) is 0.192. The van der Waals surface area contributed by atoms with Crippen molar-refractivity contribution >= 4 is 67.5 Å². The van der Waals surface area contributed by atoms with Crippen LogP contribution in [0.1, 0.15) is 11.1 Å². The number of hydrogen-bond donors (Lipinski definition) is 2. The molecule has 2 N–H and O–H groups in total. The Kier molecular flexibility index (Phi) is 6.57. The van der Waals surface area contributed by atoms with Gasteiger partial charge in [-0.05, 0) is 96.1 Å². The Labute approximate surface area is 280 Å². The normalized spacial score (nSPS) is 14.9. The highest BCUT2D eigenvalue weighted by molar-refractivity contribution is 8.00. The largest absolute Gasteiger partial charge is 0.392 e. The summed E-state index contributed by atoms with van der Waals surface area (Å²) in [4.78, 5) is 9.17. The Morgan fingerprint density at radius 2 is 0.915 bits per heavy atom. The zero-order valence-corrected chi connectivity index (χ0v) is 27.2. The van der Waals surface area contributed by atoms with E-state index in [0.717, 1.165) is 64.8 Å². The van der Waals surface area contributed by atoms with Crippen molar-refractivity contribution in [2.24, 2.45) is 0 Å². The van der Waals surface area contributed by atoms with Crippen molar-refractivity contribution < 1.29 is 18.6 Å². The molecule has 0 radical (unpaired) electrons. The van der Waals surface area contributed by atoms with Gasteiger partial charge in [-0.2, -0.15) is 0 Å². The minimum Gasteiger partial charge on any atom is -0.392 e. The number of anilines is 6. The number of benzene rings is 6. The highest BCUT2D eigenvalue weighted by atomic mass is 32.2. The maximum Gasteiger partial charge on any atom is 0.207 e. The van der Waals surface area contributed by atoms with Crippen LogP contribution in [0.25, 0.3) is 11.1 Å². The van der Waals surface area contributed by atoms with Gasteiger partial charge in [-0.15, -0.1) is 0 Å². The standard InChI is InChI=1S/C38H26N2O4S3/c41-21-23-9-13-35-31(17-23)39(29-5-1-3-7-33(29)45-35)25-11-15-37-27(19-25)28-20-26(12-16-38(28)47(37,43)44)40-30-6-2-4-8-34(30)46-36-14-10-24(22-42)18-32(36)40/h1-20,41-42H,21-22H2. The molecule has 0 aliphatic carbocycles. The molecule has 0 aromatic heterocycles. The zero-order valence-electron chi connectivity index (χ0n) is 24.8. The second-order valence-electron chi connectivity index (χ2n) is 11.6. The van der Waals surface area contributed by atoms with Crippen molar-refractivity contribution in [3.8, 4) is 11.1 Å². The van der Waals surface area contributed by atoms with Crippen LogP contribution >= 0.6 is 23.5 Å². The summed E-state index contributed by atoms with van der Waals surface area (Å²) in [6.07, 6.45) is 0. The predicted octanol–water partition coefficient (Wildman–Crippen LogP) is 9.35. The summed E-state index contributed by atoms with van der Waals surface area (Å²) in [6.45, 7) is -0.153. The molecule has 9 heteroatoms. The molecule has 9 rings (SSSR count). The molecule has 0 unspecified atom stereocenters. The van der Waals surface area contributed by atoms with Gasteiger partial charge in [0.2, 0.25) is 9.84 Å². The number of sulfone groups is 1. The highest BCUT2D eigenvalue weighted by Crippen LogP contribution is 2.55. The van der Waals surface area contributed by atoms with E-state index >= 15 is 0 Å². The number of hydrogen-bond acceptors (Lipinski definition) is 8. The number of para-hydroxylation sites is 2. The summed E-state index contributed by atoms with van der Waals surface area (Å²) in [7, 11) is -3.73. The maximum absolute atomic E-state index is 13.9. The third kappa shape index (κ3) is 4.38. The van der Waals surface area contributed by atoms with Gasteiger partial charge in [0.1, 0.15) is 0 Å². The van der Waals surface area contributed by atoms with E-state index in [9.17, 15) is 18.6 Å². The Hall–Kier alpha value is -4.51. The lowest BCUT2D eigenvalue weighted by molar-refractivity contribution is 0.281. The molecule has 6 nitrogen and oxygen atoms in total. The predicted molar refractivity (Wildman–Crippen MR) is 187 cm³/mol. The first-order chi connectivity index (χ1) is 22.9. The maximum atomic E-state index is 13.9. The van der Waals surface area contributed by atoms with Crippen LogP contribution < -0.4 is 9.80 Å². The first kappa shape index (κ1) is 28.7. The number of aliphatic hydroxyl groups excluding tert-OH is 2. The molecular weight excluding hydrogens is 645 g/mol. The number of fused-ring (bicyclic) bond motifs is 7. The van der Waals surface area contributed by atoms with Crippen LogP contribution in [-0.2, 0) is 23.1 Å². The summed E-state index contributed by atoms with van der Waals surface area (Å²) in [6, 6.07) is 39.4. The minimum absolute atomic E-state index is 0.0763. The lowest BCUT2D eigenvalue weighted by atomic mass is 10.0. The van der Waals surface area contributed by atoms with E-state index in [1.54, 1.807) is 35.7 Å². The first-order valence-electron chi connectivity index (χ1n) is 15.1. The number of nitrogens with zero attached hydrogens (tertiary/aromatic N) is 2. The van der Waals surface area contributed by atoms with Gasteiger partial charge in [-0.25, -0.2) is 8.42 Å². The van der Waals surface area contributed by atoms with Gasteiger partial charge in [0.25, 0.3) is 0 Å². The molecule has 0 spiro atoms. The third-order valence-electron chi connectivity index (χ3n) is 8.86. The molecule has 230 valence electrons. The van der Waals surface area contributed by atoms with Crippen LogP contribution in [0.15, 0.2) is 151 Å². The molecule has 0 amide bonds. The van der Waals surface area contributed by atoms with E-state index in [-0.39, 0.29) is 23.0 Å². The van der Waals surface area contributed by atoms with Gasteiger partial charge in [0.05, 0.1) is 45.8 Å². The lowest BCUT2D eigenvalue weighted by Gasteiger charge is -2.34. The minimum atomic E-state index is -3.73. The van der Waals surface area contributed by atoms with Crippen LogP contribution in [0.5, 0.6) is 0 Å². The SMILES string of the molecule is O=S1(=O)c2ccc(N3c4ccccc4Sc4ccc(CO)cc43)cc2-c2cc(N3c4ccccc4Sc4ccc(CO)cc43)ccc21. The van der Waals surface area contributed by atoms with Crippen LogP contribution in [0.4, 0.5) is 34.1 Å². The fourth-order valence-corrected chi connectivity index (χ4v) is 10.4. The molecule has 6 aromatic rings. The van der Waals surface area contributed by atoms with E-state index in [0.29, 0.717) is 11.1 Å². The Morgan fingerprint density at radius 3 is 1.36 bits per heavy atom. The second kappa shape index (κ2) is 10.8. The lowest BCUT2D eigenvalue weighted by Crippen LogP contribution is -2.15. The van der Waals surface area contributed by atoms with Crippen LogP contribution in [0, 0.1) is 0 Å². The van der Waals surface area contributed by atoms with Crippen LogP contribution in [0.3, 0.4) is 0 Å². The molecule has 3 heterocycles. The topological polar surface area (TPSA) is 81.1 Å². The summed E-state index contributed by atoms with van der Waals surface area (Å²) >= 11 is 3.36. The molecule has 0 fully saturated rings. The molecular formula is C38H26N2O4S3. The molecule has 3 aliphatic heterocycles. The average Bonchev–Trinajstić information content (AvgIpc) is 3.33. The molecule has 0 saturated carbocycles. The van der Waals surface area contributed by atoms with E-state index in [4.69, 9.17) is 0 Å². The van der Waals surface area contributed by atoms with Crippen molar-refractivity contribution in [3.63, 3.8) is 0 Å². The van der Waals surface area contributed by atoms with E-state index in [1.165, 1.54) is 0 Å². The van der Waals surface area contributed by atoms with Crippen molar-refractivity contribution in [1.29, 1.82) is 0 Å². The van der Waals surface area contributed by atoms with Crippen molar-refractivity contribution in [1.82, 2.24) is 0 Å². The summed E-state index contributed by atoms with van der Waals surface area (Å²) in [5.41, 5.74) is 8.44. The van der Waals surface area contributed by atoms with E-state index in [1.807, 2.05) is 84.9 Å². The van der Waals surface area contributed by atoms with Gasteiger partial charge in [-0.1, -0.05) is 59.9 Å². The second-order valence-corrected chi connectivity index (χ2v) is 15.6. The van der Waals surface area contributed by atoms with Gasteiger partial charge in [-0.3, -0.25) is 0 Å². The highest BCUT2D eigenvalue weighted by Gasteiger charge is 2.36. The summed E-state index contributed by atoms with van der Waals surface area (Å²) in [5, 5.41) is 19.9. The Balaban J connectivity index is 1.23. The fourth-order valence-electron chi connectivity index (χ4n) is 6.68. The van der Waals surface area contributed by atoms with Gasteiger partial charge in [0, 0.05) is 42.1 Å². The smallest absolute Gasteiger partial charge is 0.207 e. The molecule has 3 aliphatic rings. The fraction of sp³-hybridized carbons (Fsp3) is 0.0526. The zero-order chi connectivity index (χ0) is 31.9. The van der Waals surface area contributed by atoms with E-state index in [2.05, 4.69) is 34.1 Å². The molecule has 0 saturated heterocycles. The Morgan fingerprint density at radius 1 is 0.489 bits per heavy atom. The van der Waals surface area contributed by atoms with Crippen LogP contribution in [-0.4, -0.2) is 18.6 Å². The Bertz CT molecular complexity index is 2230. The van der Waals surface area contributed by atoms with Crippen molar-refractivity contribution in [2.75, 3.05) is 9.80 Å². The average molecular weight is 671 g/mol. The molecule has 0 bridgehead atoms. The molecule has 47 heavy (non-hydrogen) atoms. The molecule has 6 aromatic carbocycles. The van der Waals surface area contributed by atoms with Crippen molar-refractivity contribution in [3.05, 3.63) is 132 Å². The van der Waals surface area contributed by atoms with Gasteiger partial charge in [0.15, 0.2) is 0 Å². The summed E-state index contributed by atoms with van der Waals surface area (Å²) < 4.78 is 27.8. The first-order valence-corrected chi connectivity index (χ1v) is 18.2. The third-order valence-corrected chi connectivity index (χ3v) is 13.0.